The molecule has 0 aromatic carbocycles. The molecule has 6 heteroatoms. The zero-order chi connectivity index (χ0) is 14.5. The molecule has 1 aromatic heterocycles. The van der Waals surface area contributed by atoms with Gasteiger partial charge >= 0.3 is 0 Å². The zero-order valence-electron chi connectivity index (χ0n) is 11.8. The minimum Gasteiger partial charge on any atom is -0.370 e. The Morgan fingerprint density at radius 3 is 3.10 bits per heavy atom. The van der Waals surface area contributed by atoms with Gasteiger partial charge in [0.25, 0.3) is 5.91 Å². The van der Waals surface area contributed by atoms with Crippen LogP contribution < -0.4 is 10.6 Å². The molecule has 0 bridgehead atoms. The molecule has 2 N–H and O–H groups in total. The van der Waals surface area contributed by atoms with E-state index in [1.165, 1.54) is 0 Å². The van der Waals surface area contributed by atoms with E-state index in [9.17, 15) is 9.59 Å². The van der Waals surface area contributed by atoms with E-state index >= 15 is 0 Å². The van der Waals surface area contributed by atoms with Crippen molar-refractivity contribution in [2.75, 3.05) is 25.0 Å². The van der Waals surface area contributed by atoms with Gasteiger partial charge in [-0.1, -0.05) is 13.0 Å². The average Bonchev–Trinajstić information content (AvgIpc) is 2.47. The topological polar surface area (TPSA) is 74.3 Å². The molecule has 1 aliphatic rings. The molecule has 0 saturated carbocycles. The van der Waals surface area contributed by atoms with Gasteiger partial charge < -0.3 is 15.5 Å². The highest BCUT2D eigenvalue weighted by Crippen LogP contribution is 2.12. The third-order valence-electron chi connectivity index (χ3n) is 3.28. The van der Waals surface area contributed by atoms with E-state index in [1.807, 2.05) is 6.07 Å². The molecule has 1 aliphatic heterocycles. The molecule has 20 heavy (non-hydrogen) atoms. The van der Waals surface area contributed by atoms with Crippen molar-refractivity contribution in [1.29, 1.82) is 0 Å². The summed E-state index contributed by atoms with van der Waals surface area (Å²) in [4.78, 5) is 29.9. The van der Waals surface area contributed by atoms with E-state index in [4.69, 9.17) is 0 Å². The number of carbonyl (C=O) groups excluding carboxylic acids is 2. The largest absolute Gasteiger partial charge is 0.370 e. The number of hydrogen-bond donors (Lipinski definition) is 2. The fourth-order valence-electron chi connectivity index (χ4n) is 2.11. The van der Waals surface area contributed by atoms with Crippen LogP contribution in [0.15, 0.2) is 18.2 Å². The molecule has 0 aliphatic carbocycles. The lowest BCUT2D eigenvalue weighted by Crippen LogP contribution is -2.55. The lowest BCUT2D eigenvalue weighted by Gasteiger charge is -2.32. The van der Waals surface area contributed by atoms with E-state index in [1.54, 1.807) is 24.0 Å². The predicted molar refractivity (Wildman–Crippen MR) is 76.5 cm³/mol. The molecule has 0 radical (unpaired) electrons. The fraction of sp³-hybridized carbons (Fsp3) is 0.500. The van der Waals surface area contributed by atoms with Crippen molar-refractivity contribution in [3.8, 4) is 0 Å². The van der Waals surface area contributed by atoms with E-state index in [2.05, 4.69) is 22.5 Å². The van der Waals surface area contributed by atoms with Crippen LogP contribution in [0, 0.1) is 0 Å². The average molecular weight is 276 g/mol. The maximum absolute atomic E-state index is 12.4. The highest BCUT2D eigenvalue weighted by Gasteiger charge is 2.30. The number of anilines is 1. The summed E-state index contributed by atoms with van der Waals surface area (Å²) in [6, 6.07) is 4.86. The summed E-state index contributed by atoms with van der Waals surface area (Å²) in [6.07, 6.45) is 0.989. The zero-order valence-corrected chi connectivity index (χ0v) is 11.8. The van der Waals surface area contributed by atoms with Crippen LogP contribution in [0.2, 0.25) is 0 Å². The van der Waals surface area contributed by atoms with Gasteiger partial charge in [0.2, 0.25) is 5.91 Å². The third kappa shape index (κ3) is 3.07. The van der Waals surface area contributed by atoms with Gasteiger partial charge in [-0.2, -0.15) is 0 Å². The number of aromatic nitrogens is 1. The Labute approximate surface area is 118 Å². The minimum atomic E-state index is -0.453. The Balaban J connectivity index is 2.13. The number of carbonyl (C=O) groups is 2. The molecule has 2 rings (SSSR count). The summed E-state index contributed by atoms with van der Waals surface area (Å²) in [5.74, 6) is 0.365. The molecule has 0 spiro atoms. The summed E-state index contributed by atoms with van der Waals surface area (Å²) in [7, 11) is 0. The number of amides is 2. The second kappa shape index (κ2) is 6.36. The highest BCUT2D eigenvalue weighted by molar-refractivity contribution is 5.96. The smallest absolute Gasteiger partial charge is 0.273 e. The molecule has 1 atom stereocenters. The Morgan fingerprint density at radius 2 is 2.35 bits per heavy atom. The third-order valence-corrected chi connectivity index (χ3v) is 3.28. The van der Waals surface area contributed by atoms with Crippen LogP contribution in [0.5, 0.6) is 0 Å². The van der Waals surface area contributed by atoms with E-state index in [0.717, 1.165) is 13.0 Å². The maximum Gasteiger partial charge on any atom is 0.273 e. The second-order valence-electron chi connectivity index (χ2n) is 4.80. The molecule has 1 unspecified atom stereocenters. The number of hydrogen-bond acceptors (Lipinski definition) is 4. The SMILES string of the molecule is CCCNc1cccc(C(=O)N2CCNC(=O)C2C)n1. The van der Waals surface area contributed by atoms with Gasteiger partial charge in [0.15, 0.2) is 0 Å². The lowest BCUT2D eigenvalue weighted by atomic mass is 10.2. The first-order chi connectivity index (χ1) is 9.63. The van der Waals surface area contributed by atoms with Crippen molar-refractivity contribution in [2.45, 2.75) is 26.3 Å². The summed E-state index contributed by atoms with van der Waals surface area (Å²) in [6.45, 7) is 5.61. The Kier molecular flexibility index (Phi) is 4.55. The summed E-state index contributed by atoms with van der Waals surface area (Å²) in [5.41, 5.74) is 0.368. The van der Waals surface area contributed by atoms with Crippen LogP contribution in [0.3, 0.4) is 0 Å². The summed E-state index contributed by atoms with van der Waals surface area (Å²) in [5, 5.41) is 5.89. The maximum atomic E-state index is 12.4. The first kappa shape index (κ1) is 14.3. The molecule has 2 amide bonds. The number of pyridine rings is 1. The van der Waals surface area contributed by atoms with Crippen LogP contribution in [0.25, 0.3) is 0 Å². The van der Waals surface area contributed by atoms with E-state index in [0.29, 0.717) is 24.6 Å². The molecule has 1 fully saturated rings. The summed E-state index contributed by atoms with van der Waals surface area (Å²) < 4.78 is 0. The number of piperazine rings is 1. The van der Waals surface area contributed by atoms with E-state index in [-0.39, 0.29) is 11.8 Å². The van der Waals surface area contributed by atoms with Gasteiger partial charge in [-0.05, 0) is 25.5 Å². The Hall–Kier alpha value is -2.11. The minimum absolute atomic E-state index is 0.120. The highest BCUT2D eigenvalue weighted by atomic mass is 16.2. The number of nitrogens with one attached hydrogen (secondary N) is 2. The molecule has 6 nitrogen and oxygen atoms in total. The van der Waals surface area contributed by atoms with Crippen molar-refractivity contribution in [1.82, 2.24) is 15.2 Å². The van der Waals surface area contributed by atoms with Gasteiger partial charge in [0.1, 0.15) is 17.6 Å². The first-order valence-corrected chi connectivity index (χ1v) is 6.93. The van der Waals surface area contributed by atoms with Crippen molar-refractivity contribution in [3.05, 3.63) is 23.9 Å². The lowest BCUT2D eigenvalue weighted by molar-refractivity contribution is -0.127. The monoisotopic (exact) mass is 276 g/mol. The van der Waals surface area contributed by atoms with Crippen LogP contribution >= 0.6 is 0 Å². The van der Waals surface area contributed by atoms with Gasteiger partial charge in [-0.3, -0.25) is 9.59 Å². The molecular weight excluding hydrogens is 256 g/mol. The van der Waals surface area contributed by atoms with Crippen LogP contribution in [-0.4, -0.2) is 47.4 Å². The van der Waals surface area contributed by atoms with Crippen molar-refractivity contribution in [3.63, 3.8) is 0 Å². The molecule has 1 aromatic rings. The van der Waals surface area contributed by atoms with Crippen molar-refractivity contribution in [2.24, 2.45) is 0 Å². The fourth-order valence-corrected chi connectivity index (χ4v) is 2.11. The van der Waals surface area contributed by atoms with Crippen LogP contribution in [0.1, 0.15) is 30.8 Å². The number of rotatable bonds is 4. The summed E-state index contributed by atoms with van der Waals surface area (Å²) >= 11 is 0. The van der Waals surface area contributed by atoms with Gasteiger partial charge in [-0.15, -0.1) is 0 Å². The Morgan fingerprint density at radius 1 is 1.55 bits per heavy atom. The van der Waals surface area contributed by atoms with Gasteiger partial charge in [-0.25, -0.2) is 4.98 Å². The first-order valence-electron chi connectivity index (χ1n) is 6.93. The van der Waals surface area contributed by atoms with E-state index < -0.39 is 6.04 Å². The van der Waals surface area contributed by atoms with Gasteiger partial charge in [0.05, 0.1) is 0 Å². The van der Waals surface area contributed by atoms with Gasteiger partial charge in [0, 0.05) is 19.6 Å². The van der Waals surface area contributed by atoms with Crippen LogP contribution in [-0.2, 0) is 4.79 Å². The molecule has 2 heterocycles. The molecule has 108 valence electrons. The van der Waals surface area contributed by atoms with Crippen molar-refractivity contribution >= 4 is 17.6 Å². The molecule has 1 saturated heterocycles. The molecular formula is C14H20N4O2. The quantitative estimate of drug-likeness (QED) is 0.855. The van der Waals surface area contributed by atoms with Crippen molar-refractivity contribution < 1.29 is 9.59 Å². The standard InChI is InChI=1S/C14H20N4O2/c1-3-7-15-12-6-4-5-11(17-12)14(20)18-9-8-16-13(19)10(18)2/h4-6,10H,3,7-9H2,1-2H3,(H,15,17)(H,16,19). The second-order valence-corrected chi connectivity index (χ2v) is 4.80. The predicted octanol–water partition coefficient (Wildman–Crippen LogP) is 0.864. The Bertz CT molecular complexity index is 504. The normalized spacial score (nSPS) is 18.6. The van der Waals surface area contributed by atoms with Crippen LogP contribution in [0.4, 0.5) is 5.82 Å². The number of nitrogens with zero attached hydrogens (tertiary/aromatic N) is 2.